The molecule has 0 saturated carbocycles. The number of amides is 1. The lowest BCUT2D eigenvalue weighted by Gasteiger charge is -2.22. The Kier molecular flexibility index (Phi) is 4.88. The number of aromatic nitrogens is 3. The molecule has 3 rings (SSSR count). The Labute approximate surface area is 143 Å². The molecule has 3 heterocycles. The van der Waals surface area contributed by atoms with Gasteiger partial charge in [0, 0.05) is 24.8 Å². The molecule has 0 saturated heterocycles. The fourth-order valence-corrected chi connectivity index (χ4v) is 4.03. The molecule has 120 valence electrons. The summed E-state index contributed by atoms with van der Waals surface area (Å²) in [5.74, 6) is 0.0573. The van der Waals surface area contributed by atoms with E-state index in [4.69, 9.17) is 0 Å². The number of rotatable bonds is 6. The third kappa shape index (κ3) is 3.51. The molecule has 1 amide bonds. The molecule has 7 heteroatoms. The van der Waals surface area contributed by atoms with Gasteiger partial charge in [-0.2, -0.15) is 5.10 Å². The van der Waals surface area contributed by atoms with Crippen LogP contribution in [0.5, 0.6) is 0 Å². The number of thiophene rings is 1. The predicted molar refractivity (Wildman–Crippen MR) is 93.5 cm³/mol. The Bertz CT molecular complexity index is 749. The first kappa shape index (κ1) is 15.9. The quantitative estimate of drug-likeness (QED) is 0.684. The maximum absolute atomic E-state index is 12.7. The van der Waals surface area contributed by atoms with Gasteiger partial charge in [-0.3, -0.25) is 9.48 Å². The maximum atomic E-state index is 12.7. The molecule has 0 aliphatic heterocycles. The van der Waals surface area contributed by atoms with Crippen LogP contribution in [0.4, 0.5) is 0 Å². The van der Waals surface area contributed by atoms with Gasteiger partial charge < -0.3 is 4.90 Å². The number of likely N-dealkylation sites (N-methyl/N-ethyl adjacent to an activating group) is 1. The Balaban J connectivity index is 1.69. The summed E-state index contributed by atoms with van der Waals surface area (Å²) in [6.45, 7) is 2.51. The zero-order valence-corrected chi connectivity index (χ0v) is 14.7. The standard InChI is InChI=1S/C16H18N4OS2/c1-3-13(20-8-5-7-17-20)16(21)19(2)10-12-11-23-15(18-12)14-6-4-9-22-14/h4-9,11,13H,3,10H2,1-2H3/t13-/m1/s1. The molecule has 1 atom stereocenters. The van der Waals surface area contributed by atoms with E-state index in [2.05, 4.69) is 16.1 Å². The summed E-state index contributed by atoms with van der Waals surface area (Å²) in [7, 11) is 1.82. The van der Waals surface area contributed by atoms with Crippen LogP contribution in [0.3, 0.4) is 0 Å². The Morgan fingerprint density at radius 1 is 1.39 bits per heavy atom. The number of carbonyl (C=O) groups excluding carboxylic acids is 1. The summed E-state index contributed by atoms with van der Waals surface area (Å²) in [5, 5.41) is 9.27. The third-order valence-corrected chi connectivity index (χ3v) is 5.51. The van der Waals surface area contributed by atoms with E-state index in [1.807, 2.05) is 43.1 Å². The van der Waals surface area contributed by atoms with E-state index in [1.54, 1.807) is 38.5 Å². The molecule has 0 N–H and O–H groups in total. The third-order valence-electron chi connectivity index (χ3n) is 3.58. The fraction of sp³-hybridized carbons (Fsp3) is 0.312. The van der Waals surface area contributed by atoms with Gasteiger partial charge in [0.1, 0.15) is 11.0 Å². The fourth-order valence-electron chi connectivity index (χ4n) is 2.41. The van der Waals surface area contributed by atoms with Crippen LogP contribution in [0.2, 0.25) is 0 Å². The second-order valence-electron chi connectivity index (χ2n) is 5.23. The topological polar surface area (TPSA) is 51.0 Å². The summed E-state index contributed by atoms with van der Waals surface area (Å²) in [4.78, 5) is 20.2. The van der Waals surface area contributed by atoms with Crippen molar-refractivity contribution in [1.82, 2.24) is 19.7 Å². The van der Waals surface area contributed by atoms with E-state index in [0.29, 0.717) is 13.0 Å². The van der Waals surface area contributed by atoms with Crippen molar-refractivity contribution in [3.8, 4) is 9.88 Å². The zero-order chi connectivity index (χ0) is 16.2. The lowest BCUT2D eigenvalue weighted by atomic mass is 10.2. The van der Waals surface area contributed by atoms with Crippen LogP contribution in [0.25, 0.3) is 9.88 Å². The largest absolute Gasteiger partial charge is 0.338 e. The van der Waals surface area contributed by atoms with Crippen LogP contribution in [0.15, 0.2) is 41.4 Å². The van der Waals surface area contributed by atoms with Crippen molar-refractivity contribution in [2.24, 2.45) is 0 Å². The molecular weight excluding hydrogens is 328 g/mol. The van der Waals surface area contributed by atoms with Crippen molar-refractivity contribution < 1.29 is 4.79 Å². The van der Waals surface area contributed by atoms with E-state index in [1.165, 1.54) is 4.88 Å². The van der Waals surface area contributed by atoms with Gasteiger partial charge >= 0.3 is 0 Å². The predicted octanol–water partition coefficient (Wildman–Crippen LogP) is 3.68. The van der Waals surface area contributed by atoms with Crippen molar-refractivity contribution in [2.75, 3.05) is 7.05 Å². The van der Waals surface area contributed by atoms with Gasteiger partial charge in [0.15, 0.2) is 0 Å². The summed E-state index contributed by atoms with van der Waals surface area (Å²) in [6, 6.07) is 5.66. The molecule has 0 radical (unpaired) electrons. The van der Waals surface area contributed by atoms with Crippen molar-refractivity contribution in [2.45, 2.75) is 25.9 Å². The number of thiazole rings is 1. The van der Waals surface area contributed by atoms with Gasteiger partial charge in [-0.1, -0.05) is 13.0 Å². The van der Waals surface area contributed by atoms with Crippen LogP contribution in [0.1, 0.15) is 25.1 Å². The van der Waals surface area contributed by atoms with Gasteiger partial charge in [-0.15, -0.1) is 22.7 Å². The van der Waals surface area contributed by atoms with Crippen molar-refractivity contribution >= 4 is 28.6 Å². The molecule has 0 fully saturated rings. The van der Waals surface area contributed by atoms with Crippen molar-refractivity contribution in [3.63, 3.8) is 0 Å². The van der Waals surface area contributed by atoms with Gasteiger partial charge in [0.2, 0.25) is 5.91 Å². The van der Waals surface area contributed by atoms with Crippen LogP contribution in [0, 0.1) is 0 Å². The summed E-state index contributed by atoms with van der Waals surface area (Å²) >= 11 is 3.29. The lowest BCUT2D eigenvalue weighted by molar-refractivity contribution is -0.134. The van der Waals surface area contributed by atoms with Crippen LogP contribution in [-0.2, 0) is 11.3 Å². The van der Waals surface area contributed by atoms with Crippen molar-refractivity contribution in [3.05, 3.63) is 47.0 Å². The first-order valence-corrected chi connectivity index (χ1v) is 9.17. The smallest absolute Gasteiger partial charge is 0.247 e. The van der Waals surface area contributed by atoms with Crippen LogP contribution in [-0.4, -0.2) is 32.6 Å². The molecule has 0 spiro atoms. The minimum absolute atomic E-state index is 0.0573. The highest BCUT2D eigenvalue weighted by atomic mass is 32.1. The summed E-state index contributed by atoms with van der Waals surface area (Å²) < 4.78 is 1.72. The average Bonchev–Trinajstić information content (AvgIpc) is 3.29. The minimum atomic E-state index is -0.259. The van der Waals surface area contributed by atoms with Crippen LogP contribution >= 0.6 is 22.7 Å². The highest BCUT2D eigenvalue weighted by Crippen LogP contribution is 2.28. The zero-order valence-electron chi connectivity index (χ0n) is 13.0. The highest BCUT2D eigenvalue weighted by Gasteiger charge is 2.23. The average molecular weight is 346 g/mol. The molecule has 23 heavy (non-hydrogen) atoms. The highest BCUT2D eigenvalue weighted by molar-refractivity contribution is 7.20. The second-order valence-corrected chi connectivity index (χ2v) is 7.03. The molecule has 0 aliphatic rings. The molecule has 0 aromatic carbocycles. The molecule has 3 aromatic rings. The Morgan fingerprint density at radius 2 is 2.26 bits per heavy atom. The molecule has 3 aromatic heterocycles. The first-order chi connectivity index (χ1) is 11.2. The van der Waals surface area contributed by atoms with E-state index in [0.717, 1.165) is 10.7 Å². The van der Waals surface area contributed by atoms with Gasteiger partial charge in [-0.05, 0) is 23.9 Å². The van der Waals surface area contributed by atoms with E-state index in [9.17, 15) is 4.79 Å². The van der Waals surface area contributed by atoms with Gasteiger partial charge in [-0.25, -0.2) is 4.98 Å². The Hall–Kier alpha value is -1.99. The minimum Gasteiger partial charge on any atom is -0.338 e. The molecule has 0 bridgehead atoms. The second kappa shape index (κ2) is 7.06. The summed E-state index contributed by atoms with van der Waals surface area (Å²) in [6.07, 6.45) is 4.24. The number of hydrogen-bond donors (Lipinski definition) is 0. The van der Waals surface area contributed by atoms with Crippen LogP contribution < -0.4 is 0 Å². The maximum Gasteiger partial charge on any atom is 0.247 e. The molecule has 5 nitrogen and oxygen atoms in total. The SMILES string of the molecule is CC[C@H](C(=O)N(C)Cc1csc(-c2cccs2)n1)n1cccn1. The van der Waals surface area contributed by atoms with Crippen molar-refractivity contribution in [1.29, 1.82) is 0 Å². The normalized spacial score (nSPS) is 12.3. The summed E-state index contributed by atoms with van der Waals surface area (Å²) in [5.41, 5.74) is 0.921. The Morgan fingerprint density at radius 3 is 2.91 bits per heavy atom. The first-order valence-electron chi connectivity index (χ1n) is 7.41. The molecule has 0 unspecified atom stereocenters. The number of hydrogen-bond acceptors (Lipinski definition) is 5. The van der Waals surface area contributed by atoms with E-state index in [-0.39, 0.29) is 11.9 Å². The molecule has 0 aliphatic carbocycles. The van der Waals surface area contributed by atoms with E-state index >= 15 is 0 Å². The van der Waals surface area contributed by atoms with E-state index < -0.39 is 0 Å². The van der Waals surface area contributed by atoms with Gasteiger partial charge in [0.25, 0.3) is 0 Å². The lowest BCUT2D eigenvalue weighted by Crippen LogP contribution is -2.34. The van der Waals surface area contributed by atoms with Gasteiger partial charge in [0.05, 0.1) is 17.1 Å². The monoisotopic (exact) mass is 346 g/mol. The molecular formula is C16H18N4OS2. The number of nitrogens with zero attached hydrogens (tertiary/aromatic N) is 4. The number of carbonyl (C=O) groups is 1.